The number of anilines is 3. The number of nitrogens with zero attached hydrogens (tertiary/aromatic N) is 1. The second-order valence-electron chi connectivity index (χ2n) is 15.1. The SMILES string of the molecule is CC(C)(C)c1cc(N(c2ccc(-c3ccccc3)cc2)c2c(-c3ccccc3)cccc2-c2ccccc2)cc(C(O)(c2ccccc2)c2ccccc2)c1. The molecule has 0 saturated carbocycles. The summed E-state index contributed by atoms with van der Waals surface area (Å²) in [6.07, 6.45) is 0. The summed E-state index contributed by atoms with van der Waals surface area (Å²) in [5, 5.41) is 13.3. The van der Waals surface area contributed by atoms with Crippen molar-refractivity contribution >= 4 is 17.1 Å². The Morgan fingerprint density at radius 3 is 1.20 bits per heavy atom. The lowest BCUT2D eigenvalue weighted by Crippen LogP contribution is -2.30. The van der Waals surface area contributed by atoms with Crippen molar-refractivity contribution in [2.45, 2.75) is 31.8 Å². The zero-order valence-electron chi connectivity index (χ0n) is 31.6. The van der Waals surface area contributed by atoms with Crippen LogP contribution in [0.15, 0.2) is 212 Å². The van der Waals surface area contributed by atoms with Crippen LogP contribution in [0.4, 0.5) is 17.1 Å². The van der Waals surface area contributed by atoms with Crippen molar-refractivity contribution < 1.29 is 5.11 Å². The first kappa shape index (κ1) is 35.5. The van der Waals surface area contributed by atoms with E-state index < -0.39 is 5.60 Å². The molecule has 0 unspecified atom stereocenters. The lowest BCUT2D eigenvalue weighted by atomic mass is 9.77. The van der Waals surface area contributed by atoms with E-state index in [9.17, 15) is 5.11 Å². The second kappa shape index (κ2) is 15.1. The predicted octanol–water partition coefficient (Wildman–Crippen LogP) is 13.7. The summed E-state index contributed by atoms with van der Waals surface area (Å²) in [5.41, 5.74) is 11.7. The first-order chi connectivity index (χ1) is 26.8. The first-order valence-corrected chi connectivity index (χ1v) is 19.0. The predicted molar refractivity (Wildman–Crippen MR) is 231 cm³/mol. The van der Waals surface area contributed by atoms with E-state index in [2.05, 4.69) is 177 Å². The molecule has 0 spiro atoms. The van der Waals surface area contributed by atoms with Crippen LogP contribution in [0.2, 0.25) is 0 Å². The number of rotatable bonds is 9. The van der Waals surface area contributed by atoms with Crippen molar-refractivity contribution in [1.29, 1.82) is 0 Å². The molecule has 55 heavy (non-hydrogen) atoms. The van der Waals surface area contributed by atoms with Gasteiger partial charge in [-0.25, -0.2) is 0 Å². The van der Waals surface area contributed by atoms with Crippen LogP contribution in [-0.2, 0) is 11.0 Å². The minimum absolute atomic E-state index is 0.233. The molecule has 1 N–H and O–H groups in total. The monoisotopic (exact) mass is 711 g/mol. The van der Waals surface area contributed by atoms with E-state index in [1.807, 2.05) is 60.7 Å². The van der Waals surface area contributed by atoms with Crippen LogP contribution in [0, 0.1) is 0 Å². The molecule has 0 bridgehead atoms. The zero-order chi connectivity index (χ0) is 37.8. The molecule has 0 atom stereocenters. The second-order valence-corrected chi connectivity index (χ2v) is 15.1. The van der Waals surface area contributed by atoms with Crippen molar-refractivity contribution in [3.05, 3.63) is 235 Å². The largest absolute Gasteiger partial charge is 0.376 e. The third-order valence-corrected chi connectivity index (χ3v) is 10.5. The smallest absolute Gasteiger partial charge is 0.140 e. The molecular formula is C53H45NO. The molecule has 2 nitrogen and oxygen atoms in total. The normalized spacial score (nSPS) is 11.6. The van der Waals surface area contributed by atoms with Gasteiger partial charge < -0.3 is 10.0 Å². The Bertz CT molecular complexity index is 2390. The van der Waals surface area contributed by atoms with Crippen LogP contribution < -0.4 is 4.90 Å². The van der Waals surface area contributed by atoms with Crippen LogP contribution in [0.25, 0.3) is 33.4 Å². The van der Waals surface area contributed by atoms with Crippen molar-refractivity contribution in [3.63, 3.8) is 0 Å². The quantitative estimate of drug-likeness (QED) is 0.151. The maximum absolute atomic E-state index is 13.3. The Labute approximate surface area is 325 Å². The summed E-state index contributed by atoms with van der Waals surface area (Å²) in [5.74, 6) is 0. The number of para-hydroxylation sites is 1. The molecule has 8 aromatic carbocycles. The fourth-order valence-corrected chi connectivity index (χ4v) is 7.57. The highest BCUT2D eigenvalue weighted by Gasteiger charge is 2.36. The summed E-state index contributed by atoms with van der Waals surface area (Å²) in [6, 6.07) is 74.1. The fourth-order valence-electron chi connectivity index (χ4n) is 7.57. The molecule has 0 radical (unpaired) electrons. The van der Waals surface area contributed by atoms with Gasteiger partial charge in [0.2, 0.25) is 0 Å². The Morgan fingerprint density at radius 2 is 0.745 bits per heavy atom. The van der Waals surface area contributed by atoms with Gasteiger partial charge in [-0.3, -0.25) is 0 Å². The third-order valence-electron chi connectivity index (χ3n) is 10.5. The van der Waals surface area contributed by atoms with Gasteiger partial charge in [0, 0.05) is 22.5 Å². The molecule has 8 rings (SSSR count). The molecule has 268 valence electrons. The molecule has 0 heterocycles. The minimum Gasteiger partial charge on any atom is -0.376 e. The Balaban J connectivity index is 1.46. The molecule has 0 aromatic heterocycles. The molecule has 2 heteroatoms. The van der Waals surface area contributed by atoms with Gasteiger partial charge in [0.1, 0.15) is 5.60 Å². The number of hydrogen-bond acceptors (Lipinski definition) is 2. The summed E-state index contributed by atoms with van der Waals surface area (Å²) in [6.45, 7) is 6.73. The highest BCUT2D eigenvalue weighted by atomic mass is 16.3. The van der Waals surface area contributed by atoms with Gasteiger partial charge in [0.05, 0.1) is 5.69 Å². The maximum atomic E-state index is 13.3. The topological polar surface area (TPSA) is 23.5 Å². The number of hydrogen-bond donors (Lipinski definition) is 1. The minimum atomic E-state index is -1.43. The summed E-state index contributed by atoms with van der Waals surface area (Å²) >= 11 is 0. The van der Waals surface area contributed by atoms with Gasteiger partial charge in [-0.2, -0.15) is 0 Å². The van der Waals surface area contributed by atoms with Crippen molar-refractivity contribution in [2.24, 2.45) is 0 Å². The maximum Gasteiger partial charge on any atom is 0.140 e. The summed E-state index contributed by atoms with van der Waals surface area (Å²) in [7, 11) is 0. The van der Waals surface area contributed by atoms with E-state index in [1.54, 1.807) is 0 Å². The van der Waals surface area contributed by atoms with Crippen LogP contribution in [-0.4, -0.2) is 5.11 Å². The number of aliphatic hydroxyl groups is 1. The highest BCUT2D eigenvalue weighted by molar-refractivity contribution is 5.98. The Morgan fingerprint density at radius 1 is 0.345 bits per heavy atom. The van der Waals surface area contributed by atoms with Crippen LogP contribution in [0.5, 0.6) is 0 Å². The van der Waals surface area contributed by atoms with E-state index in [0.717, 1.165) is 67.1 Å². The molecule has 0 aliphatic rings. The Kier molecular flexibility index (Phi) is 9.76. The highest BCUT2D eigenvalue weighted by Crippen LogP contribution is 2.49. The molecule has 8 aromatic rings. The van der Waals surface area contributed by atoms with Gasteiger partial charge in [-0.1, -0.05) is 209 Å². The van der Waals surface area contributed by atoms with Crippen molar-refractivity contribution in [1.82, 2.24) is 0 Å². The van der Waals surface area contributed by atoms with E-state index in [4.69, 9.17) is 0 Å². The fraction of sp³-hybridized carbons (Fsp3) is 0.0943. The van der Waals surface area contributed by atoms with Gasteiger partial charge in [-0.05, 0) is 74.2 Å². The van der Waals surface area contributed by atoms with E-state index in [0.29, 0.717) is 0 Å². The molecule has 0 fully saturated rings. The Hall–Kier alpha value is -6.48. The lowest BCUT2D eigenvalue weighted by Gasteiger charge is -2.35. The lowest BCUT2D eigenvalue weighted by molar-refractivity contribution is 0.125. The first-order valence-electron chi connectivity index (χ1n) is 19.0. The molecular weight excluding hydrogens is 667 g/mol. The van der Waals surface area contributed by atoms with Gasteiger partial charge in [0.15, 0.2) is 0 Å². The average Bonchev–Trinajstić information content (AvgIpc) is 3.25. The third kappa shape index (κ3) is 7.13. The zero-order valence-corrected chi connectivity index (χ0v) is 31.6. The van der Waals surface area contributed by atoms with Crippen LogP contribution in [0.3, 0.4) is 0 Å². The van der Waals surface area contributed by atoms with E-state index >= 15 is 0 Å². The standard InChI is InChI=1S/C53H45NO/c1-52(2,3)45-36-46(53(55,43-26-15-7-16-27-43)44-28-17-8-18-29-44)38-48(37-45)54(47-34-32-40(33-35-47)39-20-9-4-10-21-39)51-49(41-22-11-5-12-23-41)30-19-31-50(51)42-24-13-6-14-25-42/h4-38,55H,1-3H3. The van der Waals surface area contributed by atoms with E-state index in [-0.39, 0.29) is 5.41 Å². The summed E-state index contributed by atoms with van der Waals surface area (Å²) < 4.78 is 0. The molecule has 0 aliphatic carbocycles. The summed E-state index contributed by atoms with van der Waals surface area (Å²) in [4.78, 5) is 2.40. The van der Waals surface area contributed by atoms with Crippen molar-refractivity contribution in [3.8, 4) is 33.4 Å². The van der Waals surface area contributed by atoms with Crippen LogP contribution in [0.1, 0.15) is 43.0 Å². The molecule has 0 saturated heterocycles. The van der Waals surface area contributed by atoms with Gasteiger partial charge in [0.25, 0.3) is 0 Å². The molecule has 0 amide bonds. The van der Waals surface area contributed by atoms with E-state index in [1.165, 1.54) is 5.56 Å². The molecule has 0 aliphatic heterocycles. The van der Waals surface area contributed by atoms with Crippen LogP contribution >= 0.6 is 0 Å². The van der Waals surface area contributed by atoms with Gasteiger partial charge >= 0.3 is 0 Å². The average molecular weight is 712 g/mol. The number of benzene rings is 8. The van der Waals surface area contributed by atoms with Crippen molar-refractivity contribution in [2.75, 3.05) is 4.90 Å². The van der Waals surface area contributed by atoms with Gasteiger partial charge in [-0.15, -0.1) is 0 Å².